The van der Waals surface area contributed by atoms with Gasteiger partial charge in [0, 0.05) is 18.0 Å². The monoisotopic (exact) mass is 409 g/mol. The van der Waals surface area contributed by atoms with Crippen molar-refractivity contribution < 1.29 is 9.59 Å². The Labute approximate surface area is 176 Å². The molecule has 1 N–H and O–H groups in total. The number of rotatable bonds is 6. The highest BCUT2D eigenvalue weighted by Gasteiger charge is 2.26. The first-order chi connectivity index (χ1) is 14.2. The van der Waals surface area contributed by atoms with Gasteiger partial charge >= 0.3 is 0 Å². The third-order valence-electron chi connectivity index (χ3n) is 5.48. The van der Waals surface area contributed by atoms with Gasteiger partial charge in [-0.25, -0.2) is 0 Å². The van der Waals surface area contributed by atoms with Gasteiger partial charge < -0.3 is 10.2 Å². The fourth-order valence-electron chi connectivity index (χ4n) is 3.87. The standard InChI is InChI=1S/C23H27N3O2S/c27-22(16-26-20-6-2-3-7-21(20)29-17-23(26)28)24-14-18-8-10-19(11-9-18)15-25-12-4-1-5-13-25/h2-3,6-11H,1,4-5,12-17H2,(H,24,27). The Morgan fingerprint density at radius 3 is 2.48 bits per heavy atom. The molecule has 0 unspecified atom stereocenters. The summed E-state index contributed by atoms with van der Waals surface area (Å²) in [5.41, 5.74) is 3.21. The van der Waals surface area contributed by atoms with Crippen LogP contribution in [0.3, 0.4) is 0 Å². The Morgan fingerprint density at radius 2 is 1.69 bits per heavy atom. The van der Waals surface area contributed by atoms with Crippen LogP contribution in [0.4, 0.5) is 5.69 Å². The van der Waals surface area contributed by atoms with Gasteiger partial charge in [-0.3, -0.25) is 14.5 Å². The molecule has 2 amide bonds. The fraction of sp³-hybridized carbons (Fsp3) is 0.391. The van der Waals surface area contributed by atoms with E-state index in [9.17, 15) is 9.59 Å². The van der Waals surface area contributed by atoms with Gasteiger partial charge in [-0.05, 0) is 49.2 Å². The summed E-state index contributed by atoms with van der Waals surface area (Å²) in [5.74, 6) is 0.214. The quantitative estimate of drug-likeness (QED) is 0.794. The van der Waals surface area contributed by atoms with Crippen LogP contribution in [-0.4, -0.2) is 42.1 Å². The van der Waals surface area contributed by atoms with Gasteiger partial charge in [0.1, 0.15) is 6.54 Å². The molecule has 0 aliphatic carbocycles. The number of piperidine rings is 1. The predicted octanol–water partition coefficient (Wildman–Crippen LogP) is 3.43. The summed E-state index contributed by atoms with van der Waals surface area (Å²) >= 11 is 1.53. The largest absolute Gasteiger partial charge is 0.350 e. The maximum atomic E-state index is 12.5. The lowest BCUT2D eigenvalue weighted by Crippen LogP contribution is -2.43. The molecule has 6 heteroatoms. The van der Waals surface area contributed by atoms with Crippen molar-refractivity contribution >= 4 is 29.3 Å². The van der Waals surface area contributed by atoms with Crippen LogP contribution in [0, 0.1) is 0 Å². The molecule has 1 fully saturated rings. The number of nitrogens with one attached hydrogen (secondary N) is 1. The van der Waals surface area contributed by atoms with E-state index in [1.807, 2.05) is 24.3 Å². The second kappa shape index (κ2) is 9.46. The zero-order valence-electron chi connectivity index (χ0n) is 16.6. The second-order valence-corrected chi connectivity index (χ2v) is 8.68. The van der Waals surface area contributed by atoms with Gasteiger partial charge in [-0.2, -0.15) is 0 Å². The Hall–Kier alpha value is -2.31. The van der Waals surface area contributed by atoms with Crippen molar-refractivity contribution in [3.05, 3.63) is 59.7 Å². The summed E-state index contributed by atoms with van der Waals surface area (Å²) < 4.78 is 0. The minimum atomic E-state index is -0.141. The Morgan fingerprint density at radius 1 is 0.966 bits per heavy atom. The van der Waals surface area contributed by atoms with E-state index in [0.717, 1.165) is 22.7 Å². The molecule has 2 aliphatic rings. The Kier molecular flexibility index (Phi) is 6.52. The SMILES string of the molecule is O=C(CN1C(=O)CSc2ccccc21)NCc1ccc(CN2CCCCC2)cc1. The summed E-state index contributed by atoms with van der Waals surface area (Å²) in [4.78, 5) is 29.9. The summed E-state index contributed by atoms with van der Waals surface area (Å²) in [6, 6.07) is 16.2. The maximum Gasteiger partial charge on any atom is 0.240 e. The molecule has 4 rings (SSSR count). The van der Waals surface area contributed by atoms with E-state index >= 15 is 0 Å². The topological polar surface area (TPSA) is 52.7 Å². The van der Waals surface area contributed by atoms with Crippen LogP contribution < -0.4 is 10.2 Å². The average molecular weight is 410 g/mol. The van der Waals surface area contributed by atoms with E-state index < -0.39 is 0 Å². The van der Waals surface area contributed by atoms with Crippen LogP contribution in [0.2, 0.25) is 0 Å². The van der Waals surface area contributed by atoms with E-state index in [1.165, 1.54) is 49.7 Å². The Balaban J connectivity index is 1.29. The molecule has 152 valence electrons. The zero-order valence-corrected chi connectivity index (χ0v) is 17.4. The second-order valence-electron chi connectivity index (χ2n) is 7.67. The van der Waals surface area contributed by atoms with Crippen molar-refractivity contribution in [2.75, 3.05) is 30.3 Å². The number of hydrogen-bond acceptors (Lipinski definition) is 4. The molecule has 5 nitrogen and oxygen atoms in total. The molecule has 0 aromatic heterocycles. The number of thioether (sulfide) groups is 1. The molecule has 2 aromatic carbocycles. The van der Waals surface area contributed by atoms with Crippen molar-refractivity contribution in [1.29, 1.82) is 0 Å². The van der Waals surface area contributed by atoms with Gasteiger partial charge in [-0.15, -0.1) is 11.8 Å². The van der Waals surface area contributed by atoms with Crippen LogP contribution in [0.25, 0.3) is 0 Å². The van der Waals surface area contributed by atoms with Crippen molar-refractivity contribution in [1.82, 2.24) is 10.2 Å². The minimum Gasteiger partial charge on any atom is -0.350 e. The summed E-state index contributed by atoms with van der Waals surface area (Å²) in [7, 11) is 0. The van der Waals surface area contributed by atoms with Crippen molar-refractivity contribution in [3.8, 4) is 0 Å². The fourth-order valence-corrected chi connectivity index (χ4v) is 4.80. The van der Waals surface area contributed by atoms with E-state index in [0.29, 0.717) is 12.3 Å². The number of anilines is 1. The first kappa shape index (κ1) is 20.0. The van der Waals surface area contributed by atoms with E-state index in [1.54, 1.807) is 4.90 Å². The maximum absolute atomic E-state index is 12.5. The third kappa shape index (κ3) is 5.19. The van der Waals surface area contributed by atoms with E-state index in [-0.39, 0.29) is 18.4 Å². The number of benzene rings is 2. The zero-order chi connectivity index (χ0) is 20.1. The number of fused-ring (bicyclic) bond motifs is 1. The van der Waals surface area contributed by atoms with Crippen molar-refractivity contribution in [2.45, 2.75) is 37.2 Å². The highest BCUT2D eigenvalue weighted by Crippen LogP contribution is 2.34. The molecule has 2 heterocycles. The normalized spacial score (nSPS) is 17.1. The molecular weight excluding hydrogens is 382 g/mol. The number of hydrogen-bond donors (Lipinski definition) is 1. The number of nitrogens with zero attached hydrogens (tertiary/aromatic N) is 2. The van der Waals surface area contributed by atoms with Gasteiger partial charge in [0.2, 0.25) is 11.8 Å². The lowest BCUT2D eigenvalue weighted by molar-refractivity contribution is -0.123. The first-order valence-electron chi connectivity index (χ1n) is 10.3. The van der Waals surface area contributed by atoms with E-state index in [4.69, 9.17) is 0 Å². The molecule has 0 bridgehead atoms. The molecule has 1 saturated heterocycles. The summed E-state index contributed by atoms with van der Waals surface area (Å²) in [5, 5.41) is 2.95. The number of carbonyl (C=O) groups excluding carboxylic acids is 2. The smallest absolute Gasteiger partial charge is 0.240 e. The number of amides is 2. The molecule has 0 saturated carbocycles. The molecule has 2 aliphatic heterocycles. The van der Waals surface area contributed by atoms with Gasteiger partial charge in [0.15, 0.2) is 0 Å². The molecule has 29 heavy (non-hydrogen) atoms. The van der Waals surface area contributed by atoms with Crippen LogP contribution in [0.15, 0.2) is 53.4 Å². The Bertz CT molecular complexity index is 863. The van der Waals surface area contributed by atoms with Gasteiger partial charge in [-0.1, -0.05) is 42.8 Å². The van der Waals surface area contributed by atoms with Crippen LogP contribution in [-0.2, 0) is 22.7 Å². The molecule has 0 radical (unpaired) electrons. The number of carbonyl (C=O) groups is 2. The van der Waals surface area contributed by atoms with E-state index in [2.05, 4.69) is 34.5 Å². The number of para-hydroxylation sites is 1. The summed E-state index contributed by atoms with van der Waals surface area (Å²) in [6.45, 7) is 3.91. The van der Waals surface area contributed by atoms with Crippen molar-refractivity contribution in [2.24, 2.45) is 0 Å². The third-order valence-corrected chi connectivity index (χ3v) is 6.53. The van der Waals surface area contributed by atoms with Gasteiger partial charge in [0.25, 0.3) is 0 Å². The lowest BCUT2D eigenvalue weighted by atomic mass is 10.1. The number of likely N-dealkylation sites (tertiary alicyclic amines) is 1. The minimum absolute atomic E-state index is 0.0223. The van der Waals surface area contributed by atoms with Crippen LogP contribution in [0.5, 0.6) is 0 Å². The average Bonchev–Trinajstić information content (AvgIpc) is 2.76. The highest BCUT2D eigenvalue weighted by molar-refractivity contribution is 8.00. The van der Waals surface area contributed by atoms with Crippen molar-refractivity contribution in [3.63, 3.8) is 0 Å². The van der Waals surface area contributed by atoms with Gasteiger partial charge in [0.05, 0.1) is 11.4 Å². The van der Waals surface area contributed by atoms with Crippen LogP contribution in [0.1, 0.15) is 30.4 Å². The molecule has 0 atom stereocenters. The lowest BCUT2D eigenvalue weighted by Gasteiger charge is -2.28. The highest BCUT2D eigenvalue weighted by atomic mass is 32.2. The first-order valence-corrected chi connectivity index (χ1v) is 11.3. The molecule has 2 aromatic rings. The predicted molar refractivity (Wildman–Crippen MR) is 117 cm³/mol. The molecular formula is C23H27N3O2S. The summed E-state index contributed by atoms with van der Waals surface area (Å²) in [6.07, 6.45) is 3.95. The van der Waals surface area contributed by atoms with Crippen LogP contribution >= 0.6 is 11.8 Å². The molecule has 0 spiro atoms.